The molecule has 1 rings (SSSR count). The maximum atomic E-state index is 9.50. The molecule has 0 spiro atoms. The van der Waals surface area contributed by atoms with Crippen molar-refractivity contribution in [3.8, 4) is 11.5 Å². The minimum absolute atomic E-state index is 0.0370. The quantitative estimate of drug-likeness (QED) is 0.535. The summed E-state index contributed by atoms with van der Waals surface area (Å²) in [6.45, 7) is 0. The number of aliphatic hydroxyl groups is 1. The lowest BCUT2D eigenvalue weighted by Gasteiger charge is -2.20. The van der Waals surface area contributed by atoms with E-state index >= 15 is 0 Å². The fourth-order valence-corrected chi connectivity index (χ4v) is 1.30. The Labute approximate surface area is 95.5 Å². The monoisotopic (exact) mass is 256 g/mol. The molecule has 1 unspecified atom stereocenters. The summed E-state index contributed by atoms with van der Waals surface area (Å²) in [4.78, 5) is 0. The molecule has 0 aromatic heterocycles. The first kappa shape index (κ1) is 11.7. The lowest BCUT2D eigenvalue weighted by atomic mass is 10.1. The van der Waals surface area contributed by atoms with Gasteiger partial charge in [0.1, 0.15) is 6.10 Å². The maximum Gasteiger partial charge on any atom is 0.220 e. The van der Waals surface area contributed by atoms with E-state index in [0.717, 1.165) is 0 Å². The first-order chi connectivity index (χ1) is 6.34. The third-order valence-electron chi connectivity index (χ3n) is 1.65. The van der Waals surface area contributed by atoms with Crippen LogP contribution < -0.4 is 0 Å². The molecule has 0 aliphatic rings. The summed E-state index contributed by atoms with van der Waals surface area (Å²) in [5.74, 6) is -0.873. The average Bonchev–Trinajstić information content (AvgIpc) is 2.07. The molecular formula is C8H7Cl3O3. The van der Waals surface area contributed by atoms with Crippen LogP contribution in [0.2, 0.25) is 0 Å². The molecule has 3 N–H and O–H groups in total. The Morgan fingerprint density at radius 2 is 1.71 bits per heavy atom. The number of alkyl halides is 3. The predicted octanol–water partition coefficient (Wildman–Crippen LogP) is 2.50. The van der Waals surface area contributed by atoms with Gasteiger partial charge in [-0.25, -0.2) is 0 Å². The maximum absolute atomic E-state index is 9.50. The van der Waals surface area contributed by atoms with Crippen molar-refractivity contribution >= 4 is 34.8 Å². The zero-order valence-electron chi connectivity index (χ0n) is 6.78. The van der Waals surface area contributed by atoms with Gasteiger partial charge in [0.25, 0.3) is 0 Å². The Balaban J connectivity index is 3.14. The Kier molecular flexibility index (Phi) is 3.37. The standard InChI is InChI=1S/C8H7Cl3O3/c9-8(10,11)7(14)4-2-1-3-5(12)6(4)13/h1-3,7,12-14H. The summed E-state index contributed by atoms with van der Waals surface area (Å²) in [6, 6.07) is 4.02. The first-order valence-corrected chi connectivity index (χ1v) is 4.73. The van der Waals surface area contributed by atoms with Gasteiger partial charge in [-0.3, -0.25) is 0 Å². The van der Waals surface area contributed by atoms with E-state index in [1.165, 1.54) is 18.2 Å². The first-order valence-electron chi connectivity index (χ1n) is 3.59. The summed E-state index contributed by atoms with van der Waals surface area (Å²) in [5.41, 5.74) is -0.0370. The van der Waals surface area contributed by atoms with E-state index in [2.05, 4.69) is 0 Å². The highest BCUT2D eigenvalue weighted by Gasteiger charge is 2.34. The van der Waals surface area contributed by atoms with E-state index in [0.29, 0.717) is 0 Å². The van der Waals surface area contributed by atoms with Gasteiger partial charge in [-0.2, -0.15) is 0 Å². The minimum Gasteiger partial charge on any atom is -0.504 e. The van der Waals surface area contributed by atoms with E-state index in [1.54, 1.807) is 0 Å². The van der Waals surface area contributed by atoms with Crippen LogP contribution >= 0.6 is 34.8 Å². The van der Waals surface area contributed by atoms with Crippen LogP contribution in [0.1, 0.15) is 11.7 Å². The van der Waals surface area contributed by atoms with E-state index < -0.39 is 15.6 Å². The Morgan fingerprint density at radius 3 is 2.21 bits per heavy atom. The number of hydrogen-bond acceptors (Lipinski definition) is 3. The fourth-order valence-electron chi connectivity index (χ4n) is 0.946. The SMILES string of the molecule is Oc1cccc(C(O)C(Cl)(Cl)Cl)c1O. The number of halogens is 3. The van der Waals surface area contributed by atoms with Gasteiger partial charge in [0.15, 0.2) is 11.5 Å². The number of aromatic hydroxyl groups is 2. The highest BCUT2D eigenvalue weighted by atomic mass is 35.6. The number of benzene rings is 1. The van der Waals surface area contributed by atoms with Gasteiger partial charge in [-0.15, -0.1) is 0 Å². The molecule has 1 atom stereocenters. The molecule has 78 valence electrons. The van der Waals surface area contributed by atoms with Crippen LogP contribution in [0.4, 0.5) is 0 Å². The average molecular weight is 257 g/mol. The molecular weight excluding hydrogens is 250 g/mol. The van der Waals surface area contributed by atoms with E-state index in [-0.39, 0.29) is 11.3 Å². The zero-order chi connectivity index (χ0) is 10.9. The van der Waals surface area contributed by atoms with Crippen molar-refractivity contribution in [2.24, 2.45) is 0 Å². The van der Waals surface area contributed by atoms with Crippen LogP contribution in [0.25, 0.3) is 0 Å². The molecule has 0 bridgehead atoms. The Bertz CT molecular complexity index is 335. The molecule has 0 aliphatic carbocycles. The number of phenols is 2. The van der Waals surface area contributed by atoms with Crippen molar-refractivity contribution in [2.45, 2.75) is 9.90 Å². The second-order valence-electron chi connectivity index (χ2n) is 2.66. The van der Waals surface area contributed by atoms with Crippen LogP contribution in [-0.2, 0) is 0 Å². The van der Waals surface area contributed by atoms with E-state index in [4.69, 9.17) is 39.9 Å². The molecule has 1 aromatic carbocycles. The van der Waals surface area contributed by atoms with Gasteiger partial charge >= 0.3 is 0 Å². The van der Waals surface area contributed by atoms with E-state index in [1.807, 2.05) is 0 Å². The van der Waals surface area contributed by atoms with Gasteiger partial charge in [0, 0.05) is 5.56 Å². The largest absolute Gasteiger partial charge is 0.504 e. The highest BCUT2D eigenvalue weighted by molar-refractivity contribution is 6.68. The van der Waals surface area contributed by atoms with Crippen molar-refractivity contribution in [1.29, 1.82) is 0 Å². The number of para-hydroxylation sites is 1. The summed E-state index contributed by atoms with van der Waals surface area (Å²) >= 11 is 16.3. The van der Waals surface area contributed by atoms with Gasteiger partial charge in [-0.05, 0) is 6.07 Å². The molecule has 0 saturated carbocycles. The molecule has 0 saturated heterocycles. The number of phenolic OH excluding ortho intramolecular Hbond substituents is 2. The second kappa shape index (κ2) is 4.03. The molecule has 1 aromatic rings. The Hall–Kier alpha value is -0.350. The number of hydrogen-bond donors (Lipinski definition) is 3. The molecule has 0 radical (unpaired) electrons. The normalized spacial score (nSPS) is 14.0. The van der Waals surface area contributed by atoms with Gasteiger partial charge in [0.2, 0.25) is 3.79 Å². The van der Waals surface area contributed by atoms with Gasteiger partial charge < -0.3 is 15.3 Å². The summed E-state index contributed by atoms with van der Waals surface area (Å²) < 4.78 is -1.95. The molecule has 3 nitrogen and oxygen atoms in total. The molecule has 0 amide bonds. The van der Waals surface area contributed by atoms with Crippen molar-refractivity contribution < 1.29 is 15.3 Å². The smallest absolute Gasteiger partial charge is 0.220 e. The van der Waals surface area contributed by atoms with Gasteiger partial charge in [-0.1, -0.05) is 46.9 Å². The summed E-state index contributed by atoms with van der Waals surface area (Å²) in [7, 11) is 0. The molecule has 0 heterocycles. The highest BCUT2D eigenvalue weighted by Crippen LogP contribution is 2.44. The van der Waals surface area contributed by atoms with Crippen molar-refractivity contribution in [3.05, 3.63) is 23.8 Å². The topological polar surface area (TPSA) is 60.7 Å². The van der Waals surface area contributed by atoms with Crippen molar-refractivity contribution in [3.63, 3.8) is 0 Å². The minimum atomic E-state index is -1.95. The van der Waals surface area contributed by atoms with Crippen molar-refractivity contribution in [1.82, 2.24) is 0 Å². The number of rotatable bonds is 1. The molecule has 0 fully saturated rings. The lowest BCUT2D eigenvalue weighted by Crippen LogP contribution is -2.16. The van der Waals surface area contributed by atoms with Crippen LogP contribution in [0.3, 0.4) is 0 Å². The molecule has 14 heavy (non-hydrogen) atoms. The third kappa shape index (κ3) is 2.36. The Morgan fingerprint density at radius 1 is 1.14 bits per heavy atom. The lowest BCUT2D eigenvalue weighted by molar-refractivity contribution is 0.177. The summed E-state index contributed by atoms with van der Waals surface area (Å²) in [6.07, 6.45) is -1.50. The fraction of sp³-hybridized carbons (Fsp3) is 0.250. The predicted molar refractivity (Wildman–Crippen MR) is 55.0 cm³/mol. The van der Waals surface area contributed by atoms with Crippen LogP contribution in [0.5, 0.6) is 11.5 Å². The zero-order valence-corrected chi connectivity index (χ0v) is 9.05. The third-order valence-corrected chi connectivity index (χ3v) is 2.27. The van der Waals surface area contributed by atoms with Crippen LogP contribution in [-0.4, -0.2) is 19.1 Å². The molecule has 6 heteroatoms. The van der Waals surface area contributed by atoms with Gasteiger partial charge in [0.05, 0.1) is 0 Å². The summed E-state index contributed by atoms with van der Waals surface area (Å²) in [5, 5.41) is 28.0. The van der Waals surface area contributed by atoms with E-state index in [9.17, 15) is 10.2 Å². The molecule has 0 aliphatic heterocycles. The number of aliphatic hydroxyl groups excluding tert-OH is 1. The van der Waals surface area contributed by atoms with Crippen LogP contribution in [0, 0.1) is 0 Å². The second-order valence-corrected chi connectivity index (χ2v) is 5.03. The van der Waals surface area contributed by atoms with Crippen LogP contribution in [0.15, 0.2) is 18.2 Å². The van der Waals surface area contributed by atoms with Crippen molar-refractivity contribution in [2.75, 3.05) is 0 Å².